The largest absolute Gasteiger partial charge is 0.271 e. The Morgan fingerprint density at radius 3 is 2.90 bits per heavy atom. The number of nitrogens with one attached hydrogen (secondary N) is 1. The number of nitrogens with two attached hydrogens (primary N) is 1. The van der Waals surface area contributed by atoms with E-state index in [0.717, 1.165) is 5.56 Å². The lowest BCUT2D eigenvalue weighted by atomic mass is 10.0. The first kappa shape index (κ1) is 14.0. The molecule has 20 heavy (non-hydrogen) atoms. The Morgan fingerprint density at radius 2 is 2.20 bits per heavy atom. The maximum atomic E-state index is 13.5. The fraction of sp³-hybridized carbons (Fsp3) is 0.333. The molecule has 1 aromatic heterocycles. The molecule has 1 aromatic carbocycles. The zero-order valence-corrected chi connectivity index (χ0v) is 12.5. The van der Waals surface area contributed by atoms with E-state index in [1.54, 1.807) is 6.07 Å². The molecule has 1 aliphatic carbocycles. The van der Waals surface area contributed by atoms with Crippen molar-refractivity contribution in [2.45, 2.75) is 31.7 Å². The molecule has 0 aliphatic heterocycles. The van der Waals surface area contributed by atoms with E-state index >= 15 is 0 Å². The maximum Gasteiger partial charge on any atom is 0.142 e. The lowest BCUT2D eigenvalue weighted by Crippen LogP contribution is -2.29. The summed E-state index contributed by atoms with van der Waals surface area (Å²) in [6, 6.07) is 7.18. The van der Waals surface area contributed by atoms with Crippen molar-refractivity contribution < 1.29 is 4.39 Å². The van der Waals surface area contributed by atoms with Crippen molar-refractivity contribution in [3.8, 4) is 0 Å². The molecule has 0 amide bonds. The number of hydrogen-bond acceptors (Lipinski definition) is 3. The van der Waals surface area contributed by atoms with Gasteiger partial charge in [-0.25, -0.2) is 4.39 Å². The van der Waals surface area contributed by atoms with Crippen LogP contribution in [0, 0.1) is 5.82 Å². The molecule has 0 saturated carbocycles. The van der Waals surface area contributed by atoms with Crippen LogP contribution in [0.4, 0.5) is 4.39 Å². The van der Waals surface area contributed by atoms with Crippen molar-refractivity contribution in [3.05, 3.63) is 56.0 Å². The SMILES string of the molecule is NNC(Cc1ccc(Cl)c(F)c1)c1cc2c(s1)CCC2. The lowest BCUT2D eigenvalue weighted by Gasteiger charge is -2.14. The third-order valence-electron chi connectivity index (χ3n) is 3.73. The molecule has 1 aliphatic rings. The van der Waals surface area contributed by atoms with E-state index in [0.29, 0.717) is 6.42 Å². The summed E-state index contributed by atoms with van der Waals surface area (Å²) in [5.41, 5.74) is 5.19. The molecule has 1 unspecified atom stereocenters. The minimum atomic E-state index is -0.381. The smallest absolute Gasteiger partial charge is 0.142 e. The summed E-state index contributed by atoms with van der Waals surface area (Å²) >= 11 is 7.52. The lowest BCUT2D eigenvalue weighted by molar-refractivity contribution is 0.556. The fourth-order valence-corrected chi connectivity index (χ4v) is 4.10. The van der Waals surface area contributed by atoms with E-state index in [1.807, 2.05) is 17.4 Å². The summed E-state index contributed by atoms with van der Waals surface area (Å²) in [6.45, 7) is 0. The van der Waals surface area contributed by atoms with Gasteiger partial charge in [0.2, 0.25) is 0 Å². The summed E-state index contributed by atoms with van der Waals surface area (Å²) in [6.07, 6.45) is 4.25. The van der Waals surface area contributed by atoms with E-state index in [4.69, 9.17) is 17.4 Å². The third kappa shape index (κ3) is 2.74. The topological polar surface area (TPSA) is 38.0 Å². The number of benzene rings is 1. The second kappa shape index (κ2) is 5.82. The van der Waals surface area contributed by atoms with E-state index in [-0.39, 0.29) is 16.9 Å². The molecule has 1 heterocycles. The summed E-state index contributed by atoms with van der Waals surface area (Å²) in [5.74, 6) is 5.30. The van der Waals surface area contributed by atoms with E-state index in [9.17, 15) is 4.39 Å². The Labute approximate surface area is 126 Å². The Morgan fingerprint density at radius 1 is 1.35 bits per heavy atom. The van der Waals surface area contributed by atoms with Crippen LogP contribution in [0.3, 0.4) is 0 Å². The molecule has 1 atom stereocenters. The van der Waals surface area contributed by atoms with Gasteiger partial charge < -0.3 is 0 Å². The van der Waals surface area contributed by atoms with Crippen molar-refractivity contribution in [3.63, 3.8) is 0 Å². The molecule has 3 N–H and O–H groups in total. The van der Waals surface area contributed by atoms with Gasteiger partial charge in [0.15, 0.2) is 0 Å². The van der Waals surface area contributed by atoms with E-state index < -0.39 is 0 Å². The van der Waals surface area contributed by atoms with Gasteiger partial charge in [0.25, 0.3) is 0 Å². The molecule has 0 spiro atoms. The quantitative estimate of drug-likeness (QED) is 0.666. The molecular formula is C15H16ClFN2S. The maximum absolute atomic E-state index is 13.5. The highest BCUT2D eigenvalue weighted by atomic mass is 35.5. The average Bonchev–Trinajstić information content (AvgIpc) is 3.01. The van der Waals surface area contributed by atoms with Crippen molar-refractivity contribution in [2.24, 2.45) is 5.84 Å². The zero-order valence-electron chi connectivity index (χ0n) is 11.0. The highest BCUT2D eigenvalue weighted by Crippen LogP contribution is 2.34. The van der Waals surface area contributed by atoms with Gasteiger partial charge in [-0.15, -0.1) is 11.3 Å². The first-order valence-electron chi connectivity index (χ1n) is 6.69. The van der Waals surface area contributed by atoms with Crippen molar-refractivity contribution >= 4 is 22.9 Å². The van der Waals surface area contributed by atoms with Crippen molar-refractivity contribution in [2.75, 3.05) is 0 Å². The fourth-order valence-electron chi connectivity index (χ4n) is 2.67. The number of halogens is 2. The molecule has 2 aromatic rings. The number of hydrazine groups is 1. The summed E-state index contributed by atoms with van der Waals surface area (Å²) in [5, 5.41) is 0.154. The number of rotatable bonds is 4. The predicted molar refractivity (Wildman–Crippen MR) is 81.5 cm³/mol. The minimum Gasteiger partial charge on any atom is -0.271 e. The van der Waals surface area contributed by atoms with Crippen LogP contribution in [0.15, 0.2) is 24.3 Å². The molecule has 5 heteroatoms. The van der Waals surface area contributed by atoms with Crippen LogP contribution in [0.2, 0.25) is 5.02 Å². The van der Waals surface area contributed by atoms with Gasteiger partial charge in [-0.05, 0) is 55.0 Å². The van der Waals surface area contributed by atoms with Gasteiger partial charge in [0, 0.05) is 9.75 Å². The Kier molecular flexibility index (Phi) is 4.08. The van der Waals surface area contributed by atoms with Crippen molar-refractivity contribution in [1.29, 1.82) is 0 Å². The number of aryl methyl sites for hydroxylation is 2. The van der Waals surface area contributed by atoms with Crippen molar-refractivity contribution in [1.82, 2.24) is 5.43 Å². The third-order valence-corrected chi connectivity index (χ3v) is 5.39. The average molecular weight is 311 g/mol. The van der Waals surface area contributed by atoms with Gasteiger partial charge in [-0.3, -0.25) is 11.3 Å². The van der Waals surface area contributed by atoms with Crippen LogP contribution >= 0.6 is 22.9 Å². The van der Waals surface area contributed by atoms with Gasteiger partial charge >= 0.3 is 0 Å². The molecule has 2 nitrogen and oxygen atoms in total. The van der Waals surface area contributed by atoms with Gasteiger partial charge in [-0.2, -0.15) is 0 Å². The highest BCUT2D eigenvalue weighted by molar-refractivity contribution is 7.12. The standard InChI is InChI=1S/C15H16ClFN2S/c16-11-5-4-9(6-12(11)17)7-13(19-18)15-8-10-2-1-3-14(10)20-15/h4-6,8,13,19H,1-3,7,18H2. The first-order chi connectivity index (χ1) is 9.67. The predicted octanol–water partition coefficient (Wildman–Crippen LogP) is 3.78. The van der Waals surface area contributed by atoms with Crippen LogP contribution in [-0.4, -0.2) is 0 Å². The van der Waals surface area contributed by atoms with Crippen LogP contribution in [0.5, 0.6) is 0 Å². The van der Waals surface area contributed by atoms with E-state index in [2.05, 4.69) is 11.5 Å². The molecule has 0 saturated heterocycles. The molecule has 0 radical (unpaired) electrons. The van der Waals surface area contributed by atoms with Gasteiger partial charge in [-0.1, -0.05) is 17.7 Å². The zero-order chi connectivity index (χ0) is 14.1. The Balaban J connectivity index is 1.80. The molecule has 106 valence electrons. The van der Waals surface area contributed by atoms with Gasteiger partial charge in [0.1, 0.15) is 5.82 Å². The number of thiophene rings is 1. The van der Waals surface area contributed by atoms with E-state index in [1.165, 1.54) is 40.6 Å². The second-order valence-corrected chi connectivity index (χ2v) is 6.70. The first-order valence-corrected chi connectivity index (χ1v) is 7.88. The number of fused-ring (bicyclic) bond motifs is 1. The molecule has 0 fully saturated rings. The summed E-state index contributed by atoms with van der Waals surface area (Å²) < 4.78 is 13.5. The van der Waals surface area contributed by atoms with Crippen LogP contribution in [-0.2, 0) is 19.3 Å². The highest BCUT2D eigenvalue weighted by Gasteiger charge is 2.20. The normalized spacial score (nSPS) is 15.3. The molecule has 0 bridgehead atoms. The number of hydrogen-bond donors (Lipinski definition) is 2. The second-order valence-electron chi connectivity index (χ2n) is 5.12. The minimum absolute atomic E-state index is 0.0196. The molecule has 3 rings (SSSR count). The van der Waals surface area contributed by atoms with Crippen LogP contribution < -0.4 is 11.3 Å². The summed E-state index contributed by atoms with van der Waals surface area (Å²) in [4.78, 5) is 2.70. The van der Waals surface area contributed by atoms with Gasteiger partial charge in [0.05, 0.1) is 11.1 Å². The summed E-state index contributed by atoms with van der Waals surface area (Å²) in [7, 11) is 0. The van der Waals surface area contributed by atoms with Crippen LogP contribution in [0.1, 0.15) is 33.3 Å². The monoisotopic (exact) mass is 310 g/mol. The Bertz CT molecular complexity index is 605. The van der Waals surface area contributed by atoms with Crippen LogP contribution in [0.25, 0.3) is 0 Å². The Hall–Kier alpha value is -0.940. The molecular weight excluding hydrogens is 295 g/mol.